The summed E-state index contributed by atoms with van der Waals surface area (Å²) < 4.78 is 0. The minimum absolute atomic E-state index is 0.137. The lowest BCUT2D eigenvalue weighted by atomic mass is 9.80. The van der Waals surface area contributed by atoms with Crippen LogP contribution in [-0.2, 0) is 4.79 Å². The maximum absolute atomic E-state index is 12.3. The van der Waals surface area contributed by atoms with E-state index in [-0.39, 0.29) is 17.2 Å². The third kappa shape index (κ3) is 3.68. The molecule has 170 valence electrons. The lowest BCUT2D eigenvalue weighted by Gasteiger charge is -2.59. The zero-order valence-corrected chi connectivity index (χ0v) is 16.7. The first-order valence-electron chi connectivity index (χ1n) is 8.87. The molecule has 0 aliphatic carbocycles. The van der Waals surface area contributed by atoms with Crippen LogP contribution in [0.1, 0.15) is 18.9 Å². The summed E-state index contributed by atoms with van der Waals surface area (Å²) in [5.74, 6) is -14.0. The second kappa shape index (κ2) is 8.32. The van der Waals surface area contributed by atoms with E-state index in [1.165, 1.54) is 25.4 Å². The van der Waals surface area contributed by atoms with E-state index in [1.54, 1.807) is 0 Å². The fourth-order valence-electron chi connectivity index (χ4n) is 3.74. The number of nitrogens with zero attached hydrogens (tertiary/aromatic N) is 5. The maximum atomic E-state index is 12.3. The van der Waals surface area contributed by atoms with Gasteiger partial charge in [0, 0.05) is 19.2 Å². The Morgan fingerprint density at radius 2 is 1.97 bits per heavy atom. The van der Waals surface area contributed by atoms with Crippen molar-refractivity contribution in [1.82, 2.24) is 14.8 Å². The first-order valence-corrected chi connectivity index (χ1v) is 8.87. The van der Waals surface area contributed by atoms with E-state index in [0.717, 1.165) is 11.8 Å². The average Bonchev–Trinajstić information content (AvgIpc) is 3.12. The van der Waals surface area contributed by atoms with Crippen molar-refractivity contribution in [3.63, 3.8) is 0 Å². The highest BCUT2D eigenvalue weighted by atomic mass is 16.6. The molecule has 0 saturated carbocycles. The monoisotopic (exact) mass is 440 g/mol. The van der Waals surface area contributed by atoms with Crippen molar-refractivity contribution in [2.75, 3.05) is 13.8 Å². The van der Waals surface area contributed by atoms with Crippen LogP contribution in [0.4, 0.5) is 5.82 Å². The molecule has 31 heavy (non-hydrogen) atoms. The second-order valence-electron chi connectivity index (χ2n) is 6.98. The van der Waals surface area contributed by atoms with E-state index in [2.05, 4.69) is 21.7 Å². The van der Waals surface area contributed by atoms with E-state index in [9.17, 15) is 40.5 Å². The zero-order chi connectivity index (χ0) is 23.8. The number of aromatic nitrogens is 1. The molecule has 14 heteroatoms. The number of H-pyrrole nitrogens is 1. The van der Waals surface area contributed by atoms with Crippen LogP contribution in [0.3, 0.4) is 0 Å². The van der Waals surface area contributed by atoms with Crippen molar-refractivity contribution in [2.45, 2.75) is 37.0 Å². The van der Waals surface area contributed by atoms with Gasteiger partial charge in [-0.15, -0.1) is 0 Å². The molecule has 0 spiro atoms. The zero-order valence-electron chi connectivity index (χ0n) is 16.7. The van der Waals surface area contributed by atoms with Gasteiger partial charge in [-0.3, -0.25) is 4.79 Å². The molecule has 14 nitrogen and oxygen atoms in total. The van der Waals surface area contributed by atoms with Gasteiger partial charge in [0.25, 0.3) is 5.91 Å². The molecule has 2 heterocycles. The normalized spacial score (nSPS) is 24.4. The highest BCUT2D eigenvalue weighted by Crippen LogP contribution is 2.45. The molecule has 8 N–H and O–H groups in total. The Morgan fingerprint density at radius 3 is 2.48 bits per heavy atom. The van der Waals surface area contributed by atoms with E-state index in [1.807, 2.05) is 0 Å². The molecule has 0 bridgehead atoms. The fraction of sp³-hybridized carbons (Fsp3) is 0.529. The summed E-state index contributed by atoms with van der Waals surface area (Å²) >= 11 is 0. The number of carbonyl (C=O) groups excluding carboxylic acids is 1. The third-order valence-corrected chi connectivity index (χ3v) is 5.22. The Hall–Kier alpha value is -2.90. The molecule has 1 aromatic heterocycles. The number of aliphatic hydroxyl groups is 7. The van der Waals surface area contributed by atoms with Crippen LogP contribution < -0.4 is 0 Å². The lowest BCUT2D eigenvalue weighted by molar-refractivity contribution is -0.500. The molecule has 0 aromatic carbocycles. The summed E-state index contributed by atoms with van der Waals surface area (Å²) in [4.78, 5) is 23.3. The predicted molar refractivity (Wildman–Crippen MR) is 103 cm³/mol. The van der Waals surface area contributed by atoms with Crippen molar-refractivity contribution in [1.29, 1.82) is 5.26 Å². The van der Waals surface area contributed by atoms with E-state index < -0.39 is 53.5 Å². The summed E-state index contributed by atoms with van der Waals surface area (Å²) in [6.07, 6.45) is 0.416. The fourth-order valence-corrected chi connectivity index (χ4v) is 3.74. The molecular weight excluding hydrogens is 416 g/mol. The molecule has 1 fully saturated rings. The Labute approximate surface area is 176 Å². The van der Waals surface area contributed by atoms with Gasteiger partial charge in [0.15, 0.2) is 0 Å². The van der Waals surface area contributed by atoms with E-state index >= 15 is 0 Å². The number of likely N-dealkylation sites (tertiary alicyclic amines) is 1. The number of rotatable bonds is 5. The van der Waals surface area contributed by atoms with Crippen LogP contribution in [0.15, 0.2) is 22.2 Å². The van der Waals surface area contributed by atoms with Crippen LogP contribution in [0.5, 0.6) is 0 Å². The van der Waals surface area contributed by atoms with Gasteiger partial charge in [-0.1, -0.05) is 6.92 Å². The van der Waals surface area contributed by atoms with Crippen LogP contribution >= 0.6 is 0 Å². The number of nitrogens with one attached hydrogen (secondary N) is 1. The second-order valence-corrected chi connectivity index (χ2v) is 6.98. The molecular formula is C17H24N6O8. The van der Waals surface area contributed by atoms with Gasteiger partial charge in [0.1, 0.15) is 30.8 Å². The summed E-state index contributed by atoms with van der Waals surface area (Å²) in [5.41, 5.74) is 0.218. The van der Waals surface area contributed by atoms with Crippen LogP contribution in [0.25, 0.3) is 0 Å². The minimum atomic E-state index is -3.88. The largest absolute Gasteiger partial charge is 0.374 e. The van der Waals surface area contributed by atoms with Gasteiger partial charge in [0.05, 0.1) is 11.6 Å². The van der Waals surface area contributed by atoms with Gasteiger partial charge in [0.2, 0.25) is 11.7 Å². The molecule has 0 radical (unpaired) electrons. The number of aliphatic hydroxyl groups excluding tert-OH is 1. The molecule has 1 aliphatic heterocycles. The van der Waals surface area contributed by atoms with Crippen molar-refractivity contribution < 1.29 is 40.5 Å². The molecule has 1 aliphatic rings. The SMILES string of the molecule is C=Nc1[nH]ccc1C(=NCO)N(C)C1C(C)C(O)(O)C(O)(O)N(C(=O)CC#N)C1(O)O. The summed E-state index contributed by atoms with van der Waals surface area (Å²) in [7, 11) is 1.22. The predicted octanol–water partition coefficient (Wildman–Crippen LogP) is -3.31. The number of carbonyl (C=O) groups is 1. The Bertz CT molecular complexity index is 918. The highest BCUT2D eigenvalue weighted by Gasteiger charge is 2.72. The number of hydrogen-bond acceptors (Lipinski definition) is 11. The number of nitriles is 1. The van der Waals surface area contributed by atoms with Gasteiger partial charge >= 0.3 is 5.91 Å². The number of amides is 1. The van der Waals surface area contributed by atoms with Crippen LogP contribution in [0.2, 0.25) is 0 Å². The molecule has 1 amide bonds. The Morgan fingerprint density at radius 1 is 1.35 bits per heavy atom. The van der Waals surface area contributed by atoms with Gasteiger partial charge in [-0.05, 0) is 12.8 Å². The molecule has 1 aromatic rings. The molecule has 2 rings (SSSR count). The molecule has 2 atom stereocenters. The number of likely N-dealkylation sites (N-methyl/N-ethyl adjacent to an activating group) is 1. The summed E-state index contributed by atoms with van der Waals surface area (Å²) in [6, 6.07) is 1.01. The van der Waals surface area contributed by atoms with E-state index in [4.69, 9.17) is 5.26 Å². The molecule has 1 saturated heterocycles. The minimum Gasteiger partial charge on any atom is -0.374 e. The number of amidine groups is 1. The quantitative estimate of drug-likeness (QED) is 0.129. The summed E-state index contributed by atoms with van der Waals surface area (Å²) in [6.45, 7) is 3.66. The average molecular weight is 440 g/mol. The standard InChI is InChI=1S/C17H24N6O8/c1-9-12(22(3)14(21-8-24)10-5-7-20-13(10)19-2)16(28,29)23(11(25)4-6-18)17(30,31)15(9,26)27/h5,7,9,12,20,24,26-31H,2,4,8H2,1,3H3. The van der Waals surface area contributed by atoms with Crippen molar-refractivity contribution in [3.05, 3.63) is 17.8 Å². The topological polar surface area (TPSA) is 229 Å². The maximum Gasteiger partial charge on any atom is 0.310 e. The third-order valence-electron chi connectivity index (χ3n) is 5.22. The Balaban J connectivity index is 2.69. The number of hydrogen-bond donors (Lipinski definition) is 8. The van der Waals surface area contributed by atoms with Gasteiger partial charge < -0.3 is 45.6 Å². The van der Waals surface area contributed by atoms with Crippen LogP contribution in [-0.4, -0.2) is 106 Å². The summed E-state index contributed by atoms with van der Waals surface area (Å²) in [5, 5.41) is 81.3. The first-order chi connectivity index (χ1) is 14.3. The lowest BCUT2D eigenvalue weighted by Crippen LogP contribution is -2.84. The smallest absolute Gasteiger partial charge is 0.310 e. The van der Waals surface area contributed by atoms with Crippen molar-refractivity contribution in [2.24, 2.45) is 15.9 Å². The molecule has 2 unspecified atom stereocenters. The highest BCUT2D eigenvalue weighted by molar-refractivity contribution is 6.02. The van der Waals surface area contributed by atoms with Gasteiger partial charge in [-0.2, -0.15) is 5.26 Å². The first kappa shape index (κ1) is 24.4. The number of aromatic amines is 1. The van der Waals surface area contributed by atoms with E-state index in [0.29, 0.717) is 0 Å². The van der Waals surface area contributed by atoms with Crippen LogP contribution in [0, 0.1) is 17.2 Å². The van der Waals surface area contributed by atoms with Gasteiger partial charge in [-0.25, -0.2) is 14.9 Å². The number of aliphatic imine (C=N–C) groups is 2. The van der Waals surface area contributed by atoms with Crippen molar-refractivity contribution in [3.8, 4) is 6.07 Å². The Kier molecular flexibility index (Phi) is 6.54. The van der Waals surface area contributed by atoms with Crippen molar-refractivity contribution >= 4 is 24.3 Å². The number of piperidine rings is 1.